The summed E-state index contributed by atoms with van der Waals surface area (Å²) < 4.78 is 6.68. The van der Waals surface area contributed by atoms with Crippen LogP contribution in [0.15, 0.2) is 41.2 Å². The van der Waals surface area contributed by atoms with Crippen LogP contribution in [0, 0.1) is 5.92 Å². The minimum atomic E-state index is -0.296. The molecule has 1 unspecified atom stereocenters. The van der Waals surface area contributed by atoms with Crippen LogP contribution in [0.2, 0.25) is 0 Å². The Morgan fingerprint density at radius 3 is 2.83 bits per heavy atom. The molecule has 1 heterocycles. The van der Waals surface area contributed by atoms with Crippen molar-refractivity contribution in [2.45, 2.75) is 25.7 Å². The second-order valence-corrected chi connectivity index (χ2v) is 5.93. The highest BCUT2D eigenvalue weighted by atomic mass is 16.5. The van der Waals surface area contributed by atoms with Gasteiger partial charge >= 0.3 is 5.97 Å². The molecule has 0 N–H and O–H groups in total. The number of esters is 1. The Bertz CT molecular complexity index is 808. The van der Waals surface area contributed by atoms with E-state index in [1.54, 1.807) is 13.1 Å². The zero-order chi connectivity index (χ0) is 16.2. The van der Waals surface area contributed by atoms with Crippen molar-refractivity contribution in [2.24, 2.45) is 13.0 Å². The van der Waals surface area contributed by atoms with Gasteiger partial charge in [0.2, 0.25) is 0 Å². The fourth-order valence-electron chi connectivity index (χ4n) is 2.91. The van der Waals surface area contributed by atoms with Crippen LogP contribution in [0.4, 0.5) is 0 Å². The molecule has 2 aromatic rings. The van der Waals surface area contributed by atoms with Crippen LogP contribution in [0.3, 0.4) is 0 Å². The second kappa shape index (κ2) is 6.77. The summed E-state index contributed by atoms with van der Waals surface area (Å²) in [6.45, 7) is 0.451. The quantitative estimate of drug-likeness (QED) is 0.642. The molecule has 1 aromatic heterocycles. The van der Waals surface area contributed by atoms with E-state index in [0.29, 0.717) is 29.0 Å². The molecule has 0 spiro atoms. The molecule has 0 saturated heterocycles. The first kappa shape index (κ1) is 15.5. The van der Waals surface area contributed by atoms with Gasteiger partial charge in [0.05, 0.1) is 24.1 Å². The lowest BCUT2D eigenvalue weighted by molar-refractivity contribution is -0.144. The first-order chi connectivity index (χ1) is 11.1. The van der Waals surface area contributed by atoms with E-state index < -0.39 is 0 Å². The number of aromatic nitrogens is 2. The number of carbonyl (C=O) groups is 1. The summed E-state index contributed by atoms with van der Waals surface area (Å²) in [5, 5.41) is 5.52. The zero-order valence-electron chi connectivity index (χ0n) is 13.2. The Labute approximate surface area is 134 Å². The highest BCUT2D eigenvalue weighted by molar-refractivity contribution is 5.86. The van der Waals surface area contributed by atoms with Crippen molar-refractivity contribution in [3.05, 3.63) is 52.5 Å². The summed E-state index contributed by atoms with van der Waals surface area (Å²) in [5.41, 5.74) is 0.419. The van der Waals surface area contributed by atoms with Crippen LogP contribution in [0.25, 0.3) is 10.8 Å². The number of aryl methyl sites for hydroxylation is 1. The van der Waals surface area contributed by atoms with Gasteiger partial charge in [-0.25, -0.2) is 4.68 Å². The fourth-order valence-corrected chi connectivity index (χ4v) is 2.91. The second-order valence-electron chi connectivity index (χ2n) is 5.93. The maximum absolute atomic E-state index is 12.1. The predicted octanol–water partition coefficient (Wildman–Crippen LogP) is 2.38. The smallest absolute Gasteiger partial charge is 0.311 e. The van der Waals surface area contributed by atoms with E-state index in [0.717, 1.165) is 19.3 Å². The summed E-state index contributed by atoms with van der Waals surface area (Å²) >= 11 is 0. The molecule has 5 nitrogen and oxygen atoms in total. The Morgan fingerprint density at radius 1 is 1.30 bits per heavy atom. The number of rotatable bonds is 4. The number of hydrogen-bond donors (Lipinski definition) is 0. The minimum absolute atomic E-state index is 0.0805. The lowest BCUT2D eigenvalue weighted by Gasteiger charge is -2.17. The summed E-state index contributed by atoms with van der Waals surface area (Å²) in [6, 6.07) is 7.22. The monoisotopic (exact) mass is 312 g/mol. The van der Waals surface area contributed by atoms with E-state index >= 15 is 0 Å². The Balaban J connectivity index is 1.73. The van der Waals surface area contributed by atoms with Gasteiger partial charge in [-0.3, -0.25) is 9.59 Å². The van der Waals surface area contributed by atoms with E-state index in [2.05, 4.69) is 17.3 Å². The van der Waals surface area contributed by atoms with Crippen LogP contribution in [-0.2, 0) is 23.0 Å². The van der Waals surface area contributed by atoms with Crippen molar-refractivity contribution < 1.29 is 9.53 Å². The van der Waals surface area contributed by atoms with Gasteiger partial charge < -0.3 is 4.74 Å². The van der Waals surface area contributed by atoms with Gasteiger partial charge in [-0.2, -0.15) is 5.10 Å². The summed E-state index contributed by atoms with van der Waals surface area (Å²) in [7, 11) is 1.60. The Hall–Kier alpha value is -2.43. The molecule has 0 radical (unpaired) electrons. The first-order valence-electron chi connectivity index (χ1n) is 7.90. The van der Waals surface area contributed by atoms with E-state index in [9.17, 15) is 9.59 Å². The number of nitrogens with zero attached hydrogens (tertiary/aromatic N) is 2. The first-order valence-corrected chi connectivity index (χ1v) is 7.90. The molecule has 0 amide bonds. The molecule has 0 aliphatic heterocycles. The third-order valence-corrected chi connectivity index (χ3v) is 4.20. The van der Waals surface area contributed by atoms with E-state index in [-0.39, 0.29) is 17.9 Å². The topological polar surface area (TPSA) is 61.2 Å². The molecule has 0 saturated carbocycles. The molecule has 120 valence electrons. The van der Waals surface area contributed by atoms with Crippen molar-refractivity contribution >= 4 is 16.7 Å². The van der Waals surface area contributed by atoms with E-state index in [1.165, 1.54) is 4.68 Å². The van der Waals surface area contributed by atoms with E-state index in [4.69, 9.17) is 4.74 Å². The summed E-state index contributed by atoms with van der Waals surface area (Å²) in [4.78, 5) is 24.2. The lowest BCUT2D eigenvalue weighted by atomic mass is 9.95. The molecule has 5 heteroatoms. The van der Waals surface area contributed by atoms with Crippen molar-refractivity contribution in [2.75, 3.05) is 6.61 Å². The molecule has 1 aromatic carbocycles. The number of ether oxygens (including phenoxy) is 1. The van der Waals surface area contributed by atoms with Gasteiger partial charge in [-0.05, 0) is 31.2 Å². The van der Waals surface area contributed by atoms with Gasteiger partial charge in [0.25, 0.3) is 5.56 Å². The van der Waals surface area contributed by atoms with Crippen LogP contribution < -0.4 is 5.56 Å². The van der Waals surface area contributed by atoms with Gasteiger partial charge in [-0.15, -0.1) is 0 Å². The van der Waals surface area contributed by atoms with Crippen molar-refractivity contribution in [3.8, 4) is 0 Å². The number of fused-ring (bicyclic) bond motifs is 1. The van der Waals surface area contributed by atoms with Crippen molar-refractivity contribution in [1.82, 2.24) is 9.78 Å². The predicted molar refractivity (Wildman–Crippen MR) is 88.1 cm³/mol. The SMILES string of the molecule is Cn1nc(CC(=O)OCC2CC=CCC2)c2ccccc2c1=O. The normalized spacial score (nSPS) is 17.3. The van der Waals surface area contributed by atoms with Crippen LogP contribution in [0.5, 0.6) is 0 Å². The summed E-state index contributed by atoms with van der Waals surface area (Å²) in [6.07, 6.45) is 7.47. The molecule has 1 atom stereocenters. The molecule has 1 aliphatic carbocycles. The van der Waals surface area contributed by atoms with Crippen LogP contribution >= 0.6 is 0 Å². The fraction of sp³-hybridized carbons (Fsp3) is 0.389. The van der Waals surface area contributed by atoms with Crippen molar-refractivity contribution in [3.63, 3.8) is 0 Å². The zero-order valence-corrected chi connectivity index (χ0v) is 13.2. The average molecular weight is 312 g/mol. The highest BCUT2D eigenvalue weighted by Gasteiger charge is 2.16. The van der Waals surface area contributed by atoms with Gasteiger partial charge in [0.1, 0.15) is 0 Å². The molecule has 0 bridgehead atoms. The van der Waals surface area contributed by atoms with Gasteiger partial charge in [0.15, 0.2) is 0 Å². The third kappa shape index (κ3) is 3.50. The average Bonchev–Trinajstić information content (AvgIpc) is 2.58. The molecular formula is C18H20N2O3. The van der Waals surface area contributed by atoms with E-state index in [1.807, 2.05) is 18.2 Å². The number of carbonyl (C=O) groups excluding carboxylic acids is 1. The van der Waals surface area contributed by atoms with Crippen LogP contribution in [0.1, 0.15) is 25.0 Å². The maximum atomic E-state index is 12.1. The largest absolute Gasteiger partial charge is 0.465 e. The molecule has 1 aliphatic rings. The highest BCUT2D eigenvalue weighted by Crippen LogP contribution is 2.19. The van der Waals surface area contributed by atoms with Gasteiger partial charge in [0, 0.05) is 12.4 Å². The summed E-state index contributed by atoms with van der Waals surface area (Å²) in [5.74, 6) is 0.115. The molecule has 0 fully saturated rings. The number of benzene rings is 1. The maximum Gasteiger partial charge on any atom is 0.311 e. The standard InChI is InChI=1S/C18H20N2O3/c1-20-18(22)15-10-6-5-9-14(15)16(19-20)11-17(21)23-12-13-7-3-2-4-8-13/h2-3,5-6,9-10,13H,4,7-8,11-12H2,1H3. The minimum Gasteiger partial charge on any atom is -0.465 e. The third-order valence-electron chi connectivity index (χ3n) is 4.20. The molecular weight excluding hydrogens is 292 g/mol. The number of allylic oxidation sites excluding steroid dienone is 2. The van der Waals surface area contributed by atoms with Crippen molar-refractivity contribution in [1.29, 1.82) is 0 Å². The Morgan fingerprint density at radius 2 is 2.09 bits per heavy atom. The van der Waals surface area contributed by atoms with Gasteiger partial charge in [-0.1, -0.05) is 30.4 Å². The Kier molecular flexibility index (Phi) is 4.55. The lowest BCUT2D eigenvalue weighted by Crippen LogP contribution is -2.23. The molecule has 23 heavy (non-hydrogen) atoms. The molecule has 3 rings (SSSR count). The number of hydrogen-bond acceptors (Lipinski definition) is 4. The van der Waals surface area contributed by atoms with Crippen LogP contribution in [-0.4, -0.2) is 22.4 Å².